The Morgan fingerprint density at radius 3 is 2.28 bits per heavy atom. The Morgan fingerprint density at radius 2 is 1.67 bits per heavy atom. The zero-order valence-corrected chi connectivity index (χ0v) is 11.6. The minimum Gasteiger partial charge on any atom is -0.363 e. The lowest BCUT2D eigenvalue weighted by Gasteiger charge is -2.29. The molecule has 0 saturated heterocycles. The molecule has 1 aromatic carbocycles. The van der Waals surface area contributed by atoms with Gasteiger partial charge in [-0.15, -0.1) is 5.10 Å². The number of aryl methyl sites for hydroxylation is 1. The van der Waals surface area contributed by atoms with Crippen molar-refractivity contribution in [3.8, 4) is 0 Å². The molecule has 96 valence electrons. The zero-order valence-electron chi connectivity index (χ0n) is 11.6. The zero-order chi connectivity index (χ0) is 13.2. The molecule has 0 unspecified atom stereocenters. The first-order valence-electron chi connectivity index (χ1n) is 6.60. The fraction of sp³-hybridized carbons (Fsp3) is 0.467. The summed E-state index contributed by atoms with van der Waals surface area (Å²) in [6.45, 7) is 8.61. The molecule has 3 heteroatoms. The van der Waals surface area contributed by atoms with E-state index in [9.17, 15) is 0 Å². The van der Waals surface area contributed by atoms with Crippen LogP contribution in [0.1, 0.15) is 39.3 Å². The number of anilines is 1. The normalized spacial score (nSPS) is 11.8. The summed E-state index contributed by atoms with van der Waals surface area (Å²) < 4.78 is 0. The van der Waals surface area contributed by atoms with E-state index in [2.05, 4.69) is 48.4 Å². The second-order valence-corrected chi connectivity index (χ2v) is 5.07. The molecule has 0 radical (unpaired) electrons. The molecule has 0 amide bonds. The Bertz CT molecular complexity index is 544. The topological polar surface area (TPSA) is 37.8 Å². The van der Waals surface area contributed by atoms with E-state index in [0.29, 0.717) is 0 Å². The Hall–Kier alpha value is -1.64. The Labute approximate surface area is 109 Å². The van der Waals surface area contributed by atoms with Crippen LogP contribution < -0.4 is 5.32 Å². The summed E-state index contributed by atoms with van der Waals surface area (Å²) >= 11 is 0. The van der Waals surface area contributed by atoms with Crippen LogP contribution in [0.4, 0.5) is 5.82 Å². The second-order valence-electron chi connectivity index (χ2n) is 5.07. The maximum Gasteiger partial charge on any atom is 0.157 e. The number of nitrogens with zero attached hydrogens (tertiary/aromatic N) is 2. The van der Waals surface area contributed by atoms with E-state index in [1.54, 1.807) is 0 Å². The van der Waals surface area contributed by atoms with Crippen LogP contribution in [-0.4, -0.2) is 15.7 Å². The minimum absolute atomic E-state index is 0.0761. The third-order valence-electron chi connectivity index (χ3n) is 3.85. The predicted octanol–water partition coefficient (Wildman–Crippen LogP) is 3.93. The Balaban J connectivity index is 2.49. The number of fused-ring (bicyclic) bond motifs is 1. The number of aromatic nitrogens is 2. The van der Waals surface area contributed by atoms with Gasteiger partial charge in [-0.2, -0.15) is 5.10 Å². The van der Waals surface area contributed by atoms with Gasteiger partial charge in [0.2, 0.25) is 0 Å². The van der Waals surface area contributed by atoms with Crippen LogP contribution in [-0.2, 0) is 0 Å². The summed E-state index contributed by atoms with van der Waals surface area (Å²) in [5, 5.41) is 14.4. The Morgan fingerprint density at radius 1 is 1.06 bits per heavy atom. The van der Waals surface area contributed by atoms with Gasteiger partial charge in [0.25, 0.3) is 0 Å². The van der Waals surface area contributed by atoms with Crippen LogP contribution in [0.2, 0.25) is 0 Å². The van der Waals surface area contributed by atoms with Gasteiger partial charge in [0.1, 0.15) is 0 Å². The summed E-state index contributed by atoms with van der Waals surface area (Å²) in [5.74, 6) is 0.891. The SMILES string of the molecule is CCC(C)(CC)Nc1nnc(C)c2ccccc12. The molecule has 1 aromatic heterocycles. The molecule has 0 saturated carbocycles. The van der Waals surface area contributed by atoms with E-state index in [4.69, 9.17) is 0 Å². The predicted molar refractivity (Wildman–Crippen MR) is 76.9 cm³/mol. The average molecular weight is 243 g/mol. The summed E-state index contributed by atoms with van der Waals surface area (Å²) in [7, 11) is 0. The van der Waals surface area contributed by atoms with Crippen molar-refractivity contribution in [1.29, 1.82) is 0 Å². The van der Waals surface area contributed by atoms with Crippen molar-refractivity contribution in [3.05, 3.63) is 30.0 Å². The van der Waals surface area contributed by atoms with Gasteiger partial charge in [-0.3, -0.25) is 0 Å². The summed E-state index contributed by atoms with van der Waals surface area (Å²) in [4.78, 5) is 0. The number of benzene rings is 1. The molecule has 0 aliphatic heterocycles. The fourth-order valence-corrected chi connectivity index (χ4v) is 2.04. The molecule has 0 bridgehead atoms. The molecular formula is C15H21N3. The van der Waals surface area contributed by atoms with Crippen LogP contribution in [0.15, 0.2) is 24.3 Å². The molecule has 18 heavy (non-hydrogen) atoms. The minimum atomic E-state index is 0.0761. The largest absolute Gasteiger partial charge is 0.363 e. The molecule has 1 N–H and O–H groups in total. The first kappa shape index (κ1) is 12.8. The van der Waals surface area contributed by atoms with Gasteiger partial charge >= 0.3 is 0 Å². The monoisotopic (exact) mass is 243 g/mol. The first-order chi connectivity index (χ1) is 8.59. The molecule has 0 atom stereocenters. The van der Waals surface area contributed by atoms with E-state index in [0.717, 1.165) is 29.7 Å². The van der Waals surface area contributed by atoms with Crippen molar-refractivity contribution in [3.63, 3.8) is 0 Å². The lowest BCUT2D eigenvalue weighted by atomic mass is 9.95. The maximum atomic E-state index is 4.33. The average Bonchev–Trinajstić information content (AvgIpc) is 2.42. The van der Waals surface area contributed by atoms with E-state index < -0.39 is 0 Å². The van der Waals surface area contributed by atoms with Crippen molar-refractivity contribution in [2.24, 2.45) is 0 Å². The van der Waals surface area contributed by atoms with Crippen LogP contribution in [0.5, 0.6) is 0 Å². The van der Waals surface area contributed by atoms with Crippen molar-refractivity contribution in [2.45, 2.75) is 46.1 Å². The molecular weight excluding hydrogens is 222 g/mol. The molecule has 2 rings (SSSR count). The van der Waals surface area contributed by atoms with Crippen molar-refractivity contribution >= 4 is 16.6 Å². The highest BCUT2D eigenvalue weighted by atomic mass is 15.2. The van der Waals surface area contributed by atoms with E-state index >= 15 is 0 Å². The highest BCUT2D eigenvalue weighted by Gasteiger charge is 2.21. The number of rotatable bonds is 4. The van der Waals surface area contributed by atoms with Crippen molar-refractivity contribution in [2.75, 3.05) is 5.32 Å². The van der Waals surface area contributed by atoms with Crippen LogP contribution in [0, 0.1) is 6.92 Å². The molecule has 0 fully saturated rings. The molecule has 2 aromatic rings. The van der Waals surface area contributed by atoms with Crippen LogP contribution in [0.25, 0.3) is 10.8 Å². The van der Waals surface area contributed by atoms with Crippen molar-refractivity contribution in [1.82, 2.24) is 10.2 Å². The molecule has 0 spiro atoms. The smallest absolute Gasteiger partial charge is 0.157 e. The molecule has 0 aliphatic rings. The van der Waals surface area contributed by atoms with Crippen LogP contribution >= 0.6 is 0 Å². The summed E-state index contributed by atoms with van der Waals surface area (Å²) in [6, 6.07) is 8.29. The standard InChI is InChI=1S/C15H21N3/c1-5-15(4,6-2)16-14-13-10-8-7-9-12(13)11(3)17-18-14/h7-10H,5-6H2,1-4H3,(H,16,18). The fourth-order valence-electron chi connectivity index (χ4n) is 2.04. The van der Waals surface area contributed by atoms with Crippen LogP contribution in [0.3, 0.4) is 0 Å². The molecule has 1 heterocycles. The third-order valence-corrected chi connectivity index (χ3v) is 3.85. The van der Waals surface area contributed by atoms with Gasteiger partial charge in [-0.25, -0.2) is 0 Å². The maximum absolute atomic E-state index is 4.33. The van der Waals surface area contributed by atoms with E-state index in [1.807, 2.05) is 19.1 Å². The quantitative estimate of drug-likeness (QED) is 0.884. The number of hydrogen-bond donors (Lipinski definition) is 1. The van der Waals surface area contributed by atoms with Crippen molar-refractivity contribution < 1.29 is 0 Å². The second kappa shape index (κ2) is 4.92. The number of nitrogens with one attached hydrogen (secondary N) is 1. The van der Waals surface area contributed by atoms with E-state index in [1.165, 1.54) is 5.39 Å². The van der Waals surface area contributed by atoms with E-state index in [-0.39, 0.29) is 5.54 Å². The summed E-state index contributed by atoms with van der Waals surface area (Å²) in [5.41, 5.74) is 1.05. The molecule has 0 aliphatic carbocycles. The highest BCUT2D eigenvalue weighted by molar-refractivity contribution is 5.93. The number of hydrogen-bond acceptors (Lipinski definition) is 3. The first-order valence-corrected chi connectivity index (χ1v) is 6.60. The highest BCUT2D eigenvalue weighted by Crippen LogP contribution is 2.27. The van der Waals surface area contributed by atoms with Gasteiger partial charge in [-0.05, 0) is 26.7 Å². The lowest BCUT2D eigenvalue weighted by molar-refractivity contribution is 0.476. The van der Waals surface area contributed by atoms with Gasteiger partial charge in [0, 0.05) is 16.3 Å². The van der Waals surface area contributed by atoms with Gasteiger partial charge < -0.3 is 5.32 Å². The van der Waals surface area contributed by atoms with Gasteiger partial charge in [-0.1, -0.05) is 38.1 Å². The van der Waals surface area contributed by atoms with Gasteiger partial charge in [0.05, 0.1) is 5.69 Å². The Kier molecular flexibility index (Phi) is 3.50. The third kappa shape index (κ3) is 2.30. The summed E-state index contributed by atoms with van der Waals surface area (Å²) in [6.07, 6.45) is 2.13. The molecule has 3 nitrogen and oxygen atoms in total. The lowest BCUT2D eigenvalue weighted by Crippen LogP contribution is -2.33. The van der Waals surface area contributed by atoms with Gasteiger partial charge in [0.15, 0.2) is 5.82 Å².